The molecule has 0 aliphatic carbocycles. The minimum atomic E-state index is -0.235. The maximum absolute atomic E-state index is 12.0. The molecule has 0 saturated carbocycles. The van der Waals surface area contributed by atoms with E-state index >= 15 is 0 Å². The Kier molecular flexibility index (Phi) is 3.55. The van der Waals surface area contributed by atoms with Gasteiger partial charge in [-0.2, -0.15) is 0 Å². The normalized spacial score (nSPS) is 10.5. The monoisotopic (exact) mass is 278 g/mol. The fourth-order valence-corrected chi connectivity index (χ4v) is 2.22. The van der Waals surface area contributed by atoms with Gasteiger partial charge in [0.2, 0.25) is 0 Å². The highest BCUT2D eigenvalue weighted by molar-refractivity contribution is 5.92. The molecule has 0 spiro atoms. The van der Waals surface area contributed by atoms with Crippen LogP contribution in [0.4, 0.5) is 0 Å². The van der Waals surface area contributed by atoms with Crippen LogP contribution in [0.1, 0.15) is 21.7 Å². The molecule has 1 aromatic carbocycles. The van der Waals surface area contributed by atoms with Gasteiger partial charge in [0.05, 0.1) is 11.7 Å². The van der Waals surface area contributed by atoms with Crippen LogP contribution in [0, 0.1) is 6.92 Å². The predicted octanol–water partition coefficient (Wildman–Crippen LogP) is 2.26. The van der Waals surface area contributed by atoms with E-state index in [0.717, 1.165) is 22.2 Å². The van der Waals surface area contributed by atoms with Gasteiger partial charge >= 0.3 is 0 Å². The maximum Gasteiger partial charge on any atom is 0.271 e. The van der Waals surface area contributed by atoms with E-state index in [0.29, 0.717) is 12.2 Å². The van der Waals surface area contributed by atoms with Crippen LogP contribution >= 0.6 is 0 Å². The summed E-state index contributed by atoms with van der Waals surface area (Å²) in [4.78, 5) is 24.4. The largest absolute Gasteiger partial charge is 0.347 e. The lowest BCUT2D eigenvalue weighted by molar-refractivity contribution is 0.0945. The van der Waals surface area contributed by atoms with Gasteiger partial charge < -0.3 is 5.32 Å². The highest BCUT2D eigenvalue weighted by Crippen LogP contribution is 2.18. The lowest BCUT2D eigenvalue weighted by Gasteiger charge is -2.09. The summed E-state index contributed by atoms with van der Waals surface area (Å²) in [7, 11) is 0. The lowest BCUT2D eigenvalue weighted by atomic mass is 10.1. The zero-order valence-corrected chi connectivity index (χ0v) is 11.6. The van der Waals surface area contributed by atoms with Gasteiger partial charge in [-0.05, 0) is 24.6 Å². The van der Waals surface area contributed by atoms with Crippen molar-refractivity contribution in [1.29, 1.82) is 0 Å². The lowest BCUT2D eigenvalue weighted by Crippen LogP contribution is -2.24. The minimum absolute atomic E-state index is 0.235. The Labute approximate surface area is 122 Å². The summed E-state index contributed by atoms with van der Waals surface area (Å²) in [6.45, 7) is 2.37. The number of para-hydroxylation sites is 1. The molecule has 1 N–H and O–H groups in total. The summed E-state index contributed by atoms with van der Waals surface area (Å²) < 4.78 is 0. The maximum atomic E-state index is 12.0. The topological polar surface area (TPSA) is 67.8 Å². The zero-order valence-electron chi connectivity index (χ0n) is 11.6. The van der Waals surface area contributed by atoms with E-state index in [1.54, 1.807) is 0 Å². The quantitative estimate of drug-likeness (QED) is 0.798. The van der Waals surface area contributed by atoms with E-state index in [-0.39, 0.29) is 5.91 Å². The van der Waals surface area contributed by atoms with Gasteiger partial charge in [0.15, 0.2) is 0 Å². The third-order valence-corrected chi connectivity index (χ3v) is 3.17. The summed E-state index contributed by atoms with van der Waals surface area (Å²) in [5.74, 6) is -0.235. The smallest absolute Gasteiger partial charge is 0.271 e. The van der Waals surface area contributed by atoms with Crippen molar-refractivity contribution in [2.75, 3.05) is 0 Å². The molecular formula is C16H14N4O. The zero-order chi connectivity index (χ0) is 14.7. The molecule has 0 atom stereocenters. The number of pyridine rings is 1. The Morgan fingerprint density at radius 1 is 1.24 bits per heavy atom. The van der Waals surface area contributed by atoms with Crippen LogP contribution in [0.3, 0.4) is 0 Å². The molecule has 3 aromatic rings. The van der Waals surface area contributed by atoms with Crippen molar-refractivity contribution < 1.29 is 4.79 Å². The highest BCUT2D eigenvalue weighted by Gasteiger charge is 2.08. The number of benzene rings is 1. The summed E-state index contributed by atoms with van der Waals surface area (Å²) in [5, 5.41) is 3.91. The Hall–Kier alpha value is -2.82. The van der Waals surface area contributed by atoms with Crippen LogP contribution in [-0.2, 0) is 6.54 Å². The SMILES string of the molecule is Cc1cc(CNC(=O)c2cnccn2)c2ccccc2n1. The molecule has 1 amide bonds. The number of nitrogens with one attached hydrogen (secondary N) is 1. The number of aryl methyl sites for hydroxylation is 1. The van der Waals surface area contributed by atoms with Crippen LogP contribution in [0.25, 0.3) is 10.9 Å². The molecular weight excluding hydrogens is 264 g/mol. The third kappa shape index (κ3) is 2.86. The predicted molar refractivity (Wildman–Crippen MR) is 79.7 cm³/mol. The molecule has 0 unspecified atom stereocenters. The first-order valence-electron chi connectivity index (χ1n) is 6.63. The molecule has 21 heavy (non-hydrogen) atoms. The van der Waals surface area contributed by atoms with Gasteiger partial charge in [0, 0.05) is 30.0 Å². The molecule has 2 heterocycles. The van der Waals surface area contributed by atoms with Gasteiger partial charge in [-0.1, -0.05) is 18.2 Å². The number of aromatic nitrogens is 3. The van der Waals surface area contributed by atoms with Gasteiger partial charge in [0.25, 0.3) is 5.91 Å². The molecule has 5 nitrogen and oxygen atoms in total. The highest BCUT2D eigenvalue weighted by atomic mass is 16.1. The van der Waals surface area contributed by atoms with Crippen molar-refractivity contribution in [1.82, 2.24) is 20.3 Å². The molecule has 2 aromatic heterocycles. The first kappa shape index (κ1) is 13.2. The number of carbonyl (C=O) groups excluding carboxylic acids is 1. The molecule has 0 aliphatic heterocycles. The van der Waals surface area contributed by atoms with Crippen LogP contribution in [-0.4, -0.2) is 20.9 Å². The second-order valence-corrected chi connectivity index (χ2v) is 4.71. The number of fused-ring (bicyclic) bond motifs is 1. The van der Waals surface area contributed by atoms with E-state index in [4.69, 9.17) is 0 Å². The summed E-state index contributed by atoms with van der Waals surface area (Å²) in [6, 6.07) is 9.88. The molecule has 0 aliphatic rings. The van der Waals surface area contributed by atoms with Gasteiger partial charge in [0.1, 0.15) is 5.69 Å². The van der Waals surface area contributed by atoms with Crippen LogP contribution in [0.5, 0.6) is 0 Å². The number of rotatable bonds is 3. The van der Waals surface area contributed by atoms with Crippen molar-refractivity contribution in [3.8, 4) is 0 Å². The van der Waals surface area contributed by atoms with Crippen LogP contribution in [0.2, 0.25) is 0 Å². The summed E-state index contributed by atoms with van der Waals surface area (Å²) in [6.07, 6.45) is 4.49. The number of nitrogens with zero attached hydrogens (tertiary/aromatic N) is 3. The molecule has 3 rings (SSSR count). The third-order valence-electron chi connectivity index (χ3n) is 3.17. The molecule has 104 valence electrons. The first-order valence-corrected chi connectivity index (χ1v) is 6.63. The number of hydrogen-bond acceptors (Lipinski definition) is 4. The summed E-state index contributed by atoms with van der Waals surface area (Å²) in [5.41, 5.74) is 3.21. The molecule has 0 radical (unpaired) electrons. The fourth-order valence-electron chi connectivity index (χ4n) is 2.22. The minimum Gasteiger partial charge on any atom is -0.347 e. The van der Waals surface area contributed by atoms with Crippen molar-refractivity contribution in [2.45, 2.75) is 13.5 Å². The number of hydrogen-bond donors (Lipinski definition) is 1. The molecule has 5 heteroatoms. The summed E-state index contributed by atoms with van der Waals surface area (Å²) >= 11 is 0. The first-order chi connectivity index (χ1) is 10.2. The van der Waals surface area contributed by atoms with Crippen LogP contribution in [0.15, 0.2) is 48.9 Å². The second kappa shape index (κ2) is 5.66. The van der Waals surface area contributed by atoms with E-state index < -0.39 is 0 Å². The van der Waals surface area contributed by atoms with E-state index in [9.17, 15) is 4.79 Å². The van der Waals surface area contributed by atoms with E-state index in [2.05, 4.69) is 20.3 Å². The Balaban J connectivity index is 1.84. The molecule has 0 fully saturated rings. The average molecular weight is 278 g/mol. The van der Waals surface area contributed by atoms with Crippen molar-refractivity contribution in [3.63, 3.8) is 0 Å². The van der Waals surface area contributed by atoms with Crippen molar-refractivity contribution >= 4 is 16.8 Å². The van der Waals surface area contributed by atoms with Gasteiger partial charge in [-0.3, -0.25) is 14.8 Å². The van der Waals surface area contributed by atoms with E-state index in [1.165, 1.54) is 18.6 Å². The van der Waals surface area contributed by atoms with E-state index in [1.807, 2.05) is 37.3 Å². The van der Waals surface area contributed by atoms with Crippen LogP contribution < -0.4 is 5.32 Å². The Morgan fingerprint density at radius 3 is 2.90 bits per heavy atom. The fraction of sp³-hybridized carbons (Fsp3) is 0.125. The molecule has 0 bridgehead atoms. The van der Waals surface area contributed by atoms with Gasteiger partial charge in [-0.25, -0.2) is 4.98 Å². The van der Waals surface area contributed by atoms with Crippen molar-refractivity contribution in [3.05, 3.63) is 65.9 Å². The average Bonchev–Trinajstić information content (AvgIpc) is 2.53. The Morgan fingerprint density at radius 2 is 2.10 bits per heavy atom. The van der Waals surface area contributed by atoms with Crippen molar-refractivity contribution in [2.24, 2.45) is 0 Å². The second-order valence-electron chi connectivity index (χ2n) is 4.71. The Bertz CT molecular complexity index is 787. The number of carbonyl (C=O) groups is 1. The standard InChI is InChI=1S/C16H14N4O/c1-11-8-12(13-4-2-3-5-14(13)20-11)9-19-16(21)15-10-17-6-7-18-15/h2-8,10H,9H2,1H3,(H,19,21). The number of amides is 1. The van der Waals surface area contributed by atoms with Gasteiger partial charge in [-0.15, -0.1) is 0 Å². The molecule has 0 saturated heterocycles.